The average molecular weight is 278 g/mol. The van der Waals surface area contributed by atoms with Crippen molar-refractivity contribution in [1.82, 2.24) is 0 Å². The van der Waals surface area contributed by atoms with Crippen LogP contribution in [0.3, 0.4) is 0 Å². The van der Waals surface area contributed by atoms with E-state index in [1.165, 1.54) is 17.8 Å². The fraction of sp³-hybridized carbons (Fsp3) is 0.133. The molecule has 0 fully saturated rings. The maximum absolute atomic E-state index is 13.5. The Morgan fingerprint density at radius 3 is 2.42 bits per heavy atom. The van der Waals surface area contributed by atoms with Gasteiger partial charge in [-0.25, -0.2) is 8.78 Å². The lowest BCUT2D eigenvalue weighted by molar-refractivity contribution is 0.0990. The first-order valence-electron chi connectivity index (χ1n) is 5.79. The molecule has 0 saturated carbocycles. The SMILES string of the molecule is CC(Sc1ccccc1)C(=O)c1ccc(F)cc1F. The Bertz CT molecular complexity index is 584. The van der Waals surface area contributed by atoms with Crippen LogP contribution in [-0.4, -0.2) is 11.0 Å². The van der Waals surface area contributed by atoms with Gasteiger partial charge in [-0.05, 0) is 31.2 Å². The van der Waals surface area contributed by atoms with Crippen molar-refractivity contribution in [3.05, 3.63) is 65.7 Å². The summed E-state index contributed by atoms with van der Waals surface area (Å²) in [5.41, 5.74) is -0.0719. The van der Waals surface area contributed by atoms with E-state index in [9.17, 15) is 13.6 Å². The number of benzene rings is 2. The van der Waals surface area contributed by atoms with Gasteiger partial charge in [0, 0.05) is 11.0 Å². The van der Waals surface area contributed by atoms with Crippen molar-refractivity contribution in [2.45, 2.75) is 17.1 Å². The summed E-state index contributed by atoms with van der Waals surface area (Å²) < 4.78 is 26.3. The van der Waals surface area contributed by atoms with Crippen molar-refractivity contribution in [3.8, 4) is 0 Å². The zero-order chi connectivity index (χ0) is 13.8. The van der Waals surface area contributed by atoms with Crippen molar-refractivity contribution in [1.29, 1.82) is 0 Å². The number of hydrogen-bond donors (Lipinski definition) is 0. The van der Waals surface area contributed by atoms with E-state index in [2.05, 4.69) is 0 Å². The second kappa shape index (κ2) is 5.97. The standard InChI is InChI=1S/C15H12F2OS/c1-10(19-12-5-3-2-4-6-12)15(18)13-8-7-11(16)9-14(13)17/h2-10H,1H3. The molecule has 0 aliphatic rings. The Labute approximate surface area is 114 Å². The monoisotopic (exact) mass is 278 g/mol. The number of halogens is 2. The van der Waals surface area contributed by atoms with Crippen LogP contribution in [0.2, 0.25) is 0 Å². The molecule has 0 amide bonds. The van der Waals surface area contributed by atoms with E-state index in [0.717, 1.165) is 17.0 Å². The fourth-order valence-corrected chi connectivity index (χ4v) is 2.62. The number of carbonyl (C=O) groups is 1. The average Bonchev–Trinajstić information content (AvgIpc) is 2.39. The molecule has 0 N–H and O–H groups in total. The highest BCUT2D eigenvalue weighted by atomic mass is 32.2. The molecular formula is C15H12F2OS. The third-order valence-corrected chi connectivity index (χ3v) is 3.73. The molecule has 0 aliphatic heterocycles. The van der Waals surface area contributed by atoms with Crippen molar-refractivity contribution in [3.63, 3.8) is 0 Å². The van der Waals surface area contributed by atoms with E-state index in [4.69, 9.17) is 0 Å². The number of carbonyl (C=O) groups excluding carboxylic acids is 1. The number of rotatable bonds is 4. The summed E-state index contributed by atoms with van der Waals surface area (Å²) in [6.45, 7) is 1.71. The van der Waals surface area contributed by atoms with E-state index in [-0.39, 0.29) is 11.3 Å². The summed E-state index contributed by atoms with van der Waals surface area (Å²) in [5, 5.41) is -0.428. The molecule has 1 atom stereocenters. The van der Waals surface area contributed by atoms with Gasteiger partial charge in [-0.2, -0.15) is 0 Å². The molecule has 1 unspecified atom stereocenters. The predicted molar refractivity (Wildman–Crippen MR) is 72.4 cm³/mol. The van der Waals surface area contributed by atoms with Gasteiger partial charge in [0.1, 0.15) is 11.6 Å². The van der Waals surface area contributed by atoms with Crippen LogP contribution in [0.1, 0.15) is 17.3 Å². The van der Waals surface area contributed by atoms with Gasteiger partial charge < -0.3 is 0 Å². The maximum atomic E-state index is 13.5. The lowest BCUT2D eigenvalue weighted by Gasteiger charge is -2.10. The summed E-state index contributed by atoms with van der Waals surface area (Å²) in [4.78, 5) is 13.0. The maximum Gasteiger partial charge on any atom is 0.178 e. The van der Waals surface area contributed by atoms with E-state index < -0.39 is 16.9 Å². The number of thioether (sulfide) groups is 1. The molecule has 2 aromatic rings. The highest BCUT2D eigenvalue weighted by molar-refractivity contribution is 8.00. The van der Waals surface area contributed by atoms with Crippen LogP contribution in [0.25, 0.3) is 0 Å². The van der Waals surface area contributed by atoms with Crippen molar-refractivity contribution in [2.24, 2.45) is 0 Å². The minimum atomic E-state index is -0.814. The molecule has 2 aromatic carbocycles. The van der Waals surface area contributed by atoms with Crippen LogP contribution >= 0.6 is 11.8 Å². The zero-order valence-corrected chi connectivity index (χ0v) is 11.1. The van der Waals surface area contributed by atoms with Gasteiger partial charge >= 0.3 is 0 Å². The minimum Gasteiger partial charge on any atom is -0.293 e. The highest BCUT2D eigenvalue weighted by Crippen LogP contribution is 2.26. The largest absolute Gasteiger partial charge is 0.293 e. The molecule has 2 rings (SSSR count). The molecule has 0 saturated heterocycles. The van der Waals surface area contributed by atoms with Gasteiger partial charge in [0.2, 0.25) is 0 Å². The fourth-order valence-electron chi connectivity index (χ4n) is 1.66. The number of hydrogen-bond acceptors (Lipinski definition) is 2. The van der Waals surface area contributed by atoms with Crippen molar-refractivity contribution < 1.29 is 13.6 Å². The van der Waals surface area contributed by atoms with Crippen LogP contribution in [-0.2, 0) is 0 Å². The van der Waals surface area contributed by atoms with Crippen LogP contribution in [0.5, 0.6) is 0 Å². The van der Waals surface area contributed by atoms with Gasteiger partial charge in [-0.15, -0.1) is 11.8 Å². The van der Waals surface area contributed by atoms with Gasteiger partial charge in [0.25, 0.3) is 0 Å². The molecule has 0 aliphatic carbocycles. The topological polar surface area (TPSA) is 17.1 Å². The van der Waals surface area contributed by atoms with E-state index >= 15 is 0 Å². The lowest BCUT2D eigenvalue weighted by Crippen LogP contribution is -2.15. The van der Waals surface area contributed by atoms with Gasteiger partial charge in [-0.3, -0.25) is 4.79 Å². The van der Waals surface area contributed by atoms with E-state index in [0.29, 0.717) is 0 Å². The smallest absolute Gasteiger partial charge is 0.178 e. The molecule has 0 spiro atoms. The molecule has 19 heavy (non-hydrogen) atoms. The highest BCUT2D eigenvalue weighted by Gasteiger charge is 2.20. The first-order chi connectivity index (χ1) is 9.08. The van der Waals surface area contributed by atoms with Crippen molar-refractivity contribution >= 4 is 17.5 Å². The second-order valence-corrected chi connectivity index (χ2v) is 5.48. The summed E-state index contributed by atoms with van der Waals surface area (Å²) in [5.74, 6) is -1.84. The van der Waals surface area contributed by atoms with Gasteiger partial charge in [-0.1, -0.05) is 18.2 Å². The Balaban J connectivity index is 2.15. The first-order valence-corrected chi connectivity index (χ1v) is 6.67. The second-order valence-electron chi connectivity index (χ2n) is 4.06. The lowest BCUT2D eigenvalue weighted by atomic mass is 10.1. The van der Waals surface area contributed by atoms with Crippen molar-refractivity contribution in [2.75, 3.05) is 0 Å². The Hall–Kier alpha value is -1.68. The number of Topliss-reactive ketones (excluding diaryl/α,β-unsaturated/α-hetero) is 1. The molecule has 1 nitrogen and oxygen atoms in total. The van der Waals surface area contributed by atoms with Gasteiger partial charge in [0.05, 0.1) is 10.8 Å². The molecule has 4 heteroatoms. The van der Waals surface area contributed by atoms with Gasteiger partial charge in [0.15, 0.2) is 5.78 Å². The number of ketones is 1. The molecule has 98 valence electrons. The Kier molecular flexibility index (Phi) is 4.32. The van der Waals surface area contributed by atoms with Crippen LogP contribution in [0.15, 0.2) is 53.4 Å². The van der Waals surface area contributed by atoms with Crippen LogP contribution in [0.4, 0.5) is 8.78 Å². The van der Waals surface area contributed by atoms with E-state index in [1.807, 2.05) is 30.3 Å². The molecular weight excluding hydrogens is 266 g/mol. The summed E-state index contributed by atoms with van der Waals surface area (Å²) in [6, 6.07) is 12.4. The first kappa shape index (κ1) is 13.7. The molecule has 0 bridgehead atoms. The quantitative estimate of drug-likeness (QED) is 0.611. The third kappa shape index (κ3) is 3.41. The Morgan fingerprint density at radius 1 is 1.11 bits per heavy atom. The summed E-state index contributed by atoms with van der Waals surface area (Å²) in [7, 11) is 0. The zero-order valence-electron chi connectivity index (χ0n) is 10.3. The van der Waals surface area contributed by atoms with Crippen LogP contribution < -0.4 is 0 Å². The van der Waals surface area contributed by atoms with E-state index in [1.54, 1.807) is 6.92 Å². The Morgan fingerprint density at radius 2 is 1.79 bits per heavy atom. The third-order valence-electron chi connectivity index (χ3n) is 2.62. The van der Waals surface area contributed by atoms with Crippen LogP contribution in [0, 0.1) is 11.6 Å². The summed E-state index contributed by atoms with van der Waals surface area (Å²) in [6.07, 6.45) is 0. The molecule has 0 heterocycles. The molecule has 0 aromatic heterocycles. The summed E-state index contributed by atoms with van der Waals surface area (Å²) >= 11 is 1.35. The molecule has 0 radical (unpaired) electrons. The predicted octanol–water partition coefficient (Wildman–Crippen LogP) is 4.33. The normalized spacial score (nSPS) is 12.2. The minimum absolute atomic E-state index is 0.0719.